The van der Waals surface area contributed by atoms with Gasteiger partial charge in [0.2, 0.25) is 5.91 Å². The zero-order chi connectivity index (χ0) is 43.8. The molecule has 3 heterocycles. The summed E-state index contributed by atoms with van der Waals surface area (Å²) in [6.07, 6.45) is -6.87. The van der Waals surface area contributed by atoms with Crippen molar-refractivity contribution in [2.24, 2.45) is 0 Å². The number of hydrogen-bond acceptors (Lipinski definition) is 12. The van der Waals surface area contributed by atoms with Gasteiger partial charge in [-0.2, -0.15) is 0 Å². The summed E-state index contributed by atoms with van der Waals surface area (Å²) in [5.74, 6) is -2.24. The molecule has 0 saturated carbocycles. The third-order valence-corrected chi connectivity index (χ3v) is 10.4. The number of aliphatic hydroxyl groups is 5. The number of rotatable bonds is 17. The summed E-state index contributed by atoms with van der Waals surface area (Å²) in [7, 11) is 0. The number of halogens is 1. The number of hydrogen-bond donors (Lipinski definition) is 7. The van der Waals surface area contributed by atoms with Gasteiger partial charge in [-0.25, -0.2) is 9.07 Å². The second-order valence-electron chi connectivity index (χ2n) is 15.3. The van der Waals surface area contributed by atoms with Gasteiger partial charge in [-0.15, -0.1) is 5.10 Å². The minimum Gasteiger partial charge on any atom is -0.459 e. The maximum atomic E-state index is 14.3. The third-order valence-electron chi connectivity index (χ3n) is 10.4. The molecule has 0 aliphatic carbocycles. The van der Waals surface area contributed by atoms with E-state index in [1.807, 2.05) is 66.9 Å². The van der Waals surface area contributed by atoms with Crippen LogP contribution in [0.5, 0.6) is 0 Å². The standard InChI is InChI=1S/C44H51FN6O10/c1-25(2)39-37(43(59)47-30-12-8-5-9-13-30)36(27-10-6-4-7-11-27)40(28-14-16-29(45)17-15-28)50(39)19-18-32(54)20-33(55)21-35(56)60-24-31-22-51(49-48-31)44-38(46-26(3)53)42(58)41(57)34(23-52)61-44/h4-17,22,25,32-34,38,41-42,44,52,54-55,57-58H,18-21,23-24H2,1-3H3,(H,46,53)(H,47,59)/t32-,33-,34-,38-,41+,42-,44-/m1/s1. The van der Waals surface area contributed by atoms with Crippen molar-refractivity contribution < 1.29 is 53.8 Å². The van der Waals surface area contributed by atoms with E-state index in [0.717, 1.165) is 10.2 Å². The molecule has 61 heavy (non-hydrogen) atoms. The minimum atomic E-state index is -1.50. The lowest BCUT2D eigenvalue weighted by Gasteiger charge is -2.42. The van der Waals surface area contributed by atoms with Crippen LogP contribution in [-0.4, -0.2) is 106 Å². The molecular formula is C44H51FN6O10. The molecule has 17 heteroatoms. The van der Waals surface area contributed by atoms with E-state index >= 15 is 0 Å². The Morgan fingerprint density at radius 1 is 0.918 bits per heavy atom. The minimum absolute atomic E-state index is 0.122. The molecule has 0 bridgehead atoms. The molecule has 1 aliphatic rings. The summed E-state index contributed by atoms with van der Waals surface area (Å²) in [5, 5.41) is 66.1. The van der Waals surface area contributed by atoms with E-state index in [-0.39, 0.29) is 43.5 Å². The number of ether oxygens (including phenoxy) is 2. The highest BCUT2D eigenvalue weighted by molar-refractivity contribution is 6.12. The second kappa shape index (κ2) is 20.2. The van der Waals surface area contributed by atoms with Gasteiger partial charge in [-0.3, -0.25) is 14.4 Å². The first-order valence-electron chi connectivity index (χ1n) is 20.0. The number of amides is 2. The zero-order valence-electron chi connectivity index (χ0n) is 34.0. The van der Waals surface area contributed by atoms with Crippen LogP contribution in [0.1, 0.15) is 73.9 Å². The normalized spacial score (nSPS) is 19.9. The Kier molecular flexibility index (Phi) is 14.8. The Hall–Kier alpha value is -5.82. The zero-order valence-corrected chi connectivity index (χ0v) is 34.0. The Balaban J connectivity index is 1.16. The van der Waals surface area contributed by atoms with E-state index in [1.165, 1.54) is 25.3 Å². The van der Waals surface area contributed by atoms with Gasteiger partial charge < -0.3 is 50.2 Å². The van der Waals surface area contributed by atoms with Gasteiger partial charge in [-0.1, -0.05) is 67.6 Å². The Bertz CT molecular complexity index is 2250. The highest BCUT2D eigenvalue weighted by atomic mass is 19.1. The van der Waals surface area contributed by atoms with Crippen molar-refractivity contribution in [3.05, 3.63) is 114 Å². The number of aliphatic hydroxyl groups excluding tert-OH is 5. The van der Waals surface area contributed by atoms with Crippen LogP contribution >= 0.6 is 0 Å². The molecule has 7 atom stereocenters. The first kappa shape index (κ1) is 44.7. The first-order valence-corrected chi connectivity index (χ1v) is 20.0. The summed E-state index contributed by atoms with van der Waals surface area (Å²) in [6, 6.07) is 23.4. The predicted molar refractivity (Wildman–Crippen MR) is 220 cm³/mol. The summed E-state index contributed by atoms with van der Waals surface area (Å²) < 4.78 is 28.4. The average Bonchev–Trinajstić information content (AvgIpc) is 3.85. The second-order valence-corrected chi connectivity index (χ2v) is 15.3. The average molecular weight is 843 g/mol. The first-order chi connectivity index (χ1) is 29.2. The van der Waals surface area contributed by atoms with Crippen LogP contribution in [-0.2, 0) is 32.2 Å². The van der Waals surface area contributed by atoms with E-state index in [2.05, 4.69) is 20.9 Å². The number of anilines is 1. The molecule has 324 valence electrons. The molecule has 0 unspecified atom stereocenters. The summed E-state index contributed by atoms with van der Waals surface area (Å²) in [6.45, 7) is 4.38. The van der Waals surface area contributed by atoms with E-state index in [9.17, 15) is 44.3 Å². The lowest BCUT2D eigenvalue weighted by molar-refractivity contribution is -0.219. The van der Waals surface area contributed by atoms with Gasteiger partial charge in [0.15, 0.2) is 6.23 Å². The van der Waals surface area contributed by atoms with Crippen molar-refractivity contribution >= 4 is 23.5 Å². The topological polar surface area (TPSA) is 231 Å². The molecule has 5 aromatic rings. The fourth-order valence-electron chi connectivity index (χ4n) is 7.63. The van der Waals surface area contributed by atoms with Gasteiger partial charge >= 0.3 is 5.97 Å². The molecule has 1 aliphatic heterocycles. The van der Waals surface area contributed by atoms with Gasteiger partial charge in [-0.05, 0) is 66.3 Å². The van der Waals surface area contributed by atoms with Gasteiger partial charge in [0, 0.05) is 30.4 Å². The van der Waals surface area contributed by atoms with E-state index in [4.69, 9.17) is 9.47 Å². The molecule has 3 aromatic carbocycles. The Labute approximate surface area is 351 Å². The molecule has 1 saturated heterocycles. The number of para-hydroxylation sites is 1. The van der Waals surface area contributed by atoms with Crippen molar-refractivity contribution in [1.29, 1.82) is 0 Å². The lowest BCUT2D eigenvalue weighted by Crippen LogP contribution is -2.62. The van der Waals surface area contributed by atoms with Crippen LogP contribution in [0.25, 0.3) is 22.4 Å². The van der Waals surface area contributed by atoms with E-state index < -0.39 is 73.5 Å². The van der Waals surface area contributed by atoms with Crippen LogP contribution in [0.15, 0.2) is 91.1 Å². The Morgan fingerprint density at radius 2 is 1.59 bits per heavy atom. The summed E-state index contributed by atoms with van der Waals surface area (Å²) in [4.78, 5) is 38.9. The predicted octanol–water partition coefficient (Wildman–Crippen LogP) is 3.68. The number of carbonyl (C=O) groups excluding carboxylic acids is 3. The monoisotopic (exact) mass is 842 g/mol. The van der Waals surface area contributed by atoms with Crippen LogP contribution in [0.3, 0.4) is 0 Å². The number of benzene rings is 3. The molecule has 0 spiro atoms. The maximum absolute atomic E-state index is 14.3. The number of aromatic nitrogens is 4. The number of carbonyl (C=O) groups is 3. The smallest absolute Gasteiger partial charge is 0.308 e. The van der Waals surface area contributed by atoms with Crippen LogP contribution in [0.4, 0.5) is 10.1 Å². The van der Waals surface area contributed by atoms with Crippen LogP contribution in [0, 0.1) is 5.82 Å². The van der Waals surface area contributed by atoms with Gasteiger partial charge in [0.05, 0.1) is 42.7 Å². The van der Waals surface area contributed by atoms with Crippen LogP contribution in [0.2, 0.25) is 0 Å². The SMILES string of the molecule is CC(=O)N[C@@H]1[C@@H](O)[C@@H](O)[C@@H](CO)O[C@H]1n1cc(COC(=O)C[C@H](O)C[C@H](O)CCn2c(-c3ccc(F)cc3)c(-c3ccccc3)c(C(=O)Nc3ccccc3)c2C(C)C)nn1. The van der Waals surface area contributed by atoms with Crippen molar-refractivity contribution in [2.75, 3.05) is 11.9 Å². The largest absolute Gasteiger partial charge is 0.459 e. The number of esters is 1. The van der Waals surface area contributed by atoms with Crippen molar-refractivity contribution in [2.45, 2.75) is 102 Å². The molecule has 0 radical (unpaired) electrons. The highest BCUT2D eigenvalue weighted by Crippen LogP contribution is 2.43. The van der Waals surface area contributed by atoms with Crippen molar-refractivity contribution in [1.82, 2.24) is 24.9 Å². The molecule has 7 N–H and O–H groups in total. The molecular weight excluding hydrogens is 792 g/mol. The maximum Gasteiger partial charge on any atom is 0.308 e. The summed E-state index contributed by atoms with van der Waals surface area (Å²) in [5.41, 5.74) is 4.62. The van der Waals surface area contributed by atoms with E-state index in [0.29, 0.717) is 33.8 Å². The molecule has 6 rings (SSSR count). The number of nitrogens with one attached hydrogen (secondary N) is 2. The van der Waals surface area contributed by atoms with Crippen LogP contribution < -0.4 is 10.6 Å². The fourth-order valence-corrected chi connectivity index (χ4v) is 7.63. The van der Waals surface area contributed by atoms with Crippen molar-refractivity contribution in [3.63, 3.8) is 0 Å². The fraction of sp³-hybridized carbons (Fsp3) is 0.386. The number of nitrogens with zero attached hydrogens (tertiary/aromatic N) is 4. The van der Waals surface area contributed by atoms with Crippen molar-refractivity contribution in [3.8, 4) is 22.4 Å². The van der Waals surface area contributed by atoms with Gasteiger partial charge in [0.1, 0.15) is 42.5 Å². The third kappa shape index (κ3) is 10.7. The molecule has 1 fully saturated rings. The molecule has 2 aromatic heterocycles. The highest BCUT2D eigenvalue weighted by Gasteiger charge is 2.46. The molecule has 2 amide bonds. The van der Waals surface area contributed by atoms with E-state index in [1.54, 1.807) is 24.3 Å². The lowest BCUT2D eigenvalue weighted by atomic mass is 9.94. The Morgan fingerprint density at radius 3 is 2.23 bits per heavy atom. The molecule has 16 nitrogen and oxygen atoms in total. The summed E-state index contributed by atoms with van der Waals surface area (Å²) >= 11 is 0. The quantitative estimate of drug-likeness (QED) is 0.0666. The van der Waals surface area contributed by atoms with Gasteiger partial charge in [0.25, 0.3) is 5.91 Å².